The van der Waals surface area contributed by atoms with Crippen LogP contribution in [-0.2, 0) is 19.0 Å². The van der Waals surface area contributed by atoms with Crippen LogP contribution in [0.3, 0.4) is 0 Å². The molecule has 1 aliphatic carbocycles. The second-order valence-electron chi connectivity index (χ2n) is 6.15. The zero-order valence-corrected chi connectivity index (χ0v) is 12.7. The van der Waals surface area contributed by atoms with E-state index in [4.69, 9.17) is 14.2 Å². The lowest BCUT2D eigenvalue weighted by Crippen LogP contribution is -2.39. The number of ether oxygens (including phenoxy) is 3. The van der Waals surface area contributed by atoms with E-state index in [0.717, 1.165) is 38.6 Å². The Morgan fingerprint density at radius 2 is 1.95 bits per heavy atom. The highest BCUT2D eigenvalue weighted by Crippen LogP contribution is 2.36. The summed E-state index contributed by atoms with van der Waals surface area (Å²) in [6.07, 6.45) is 4.70. The highest BCUT2D eigenvalue weighted by Gasteiger charge is 2.40. The first-order valence-corrected chi connectivity index (χ1v) is 7.76. The molecule has 1 saturated heterocycles. The van der Waals surface area contributed by atoms with Crippen LogP contribution in [0.15, 0.2) is 0 Å². The smallest absolute Gasteiger partial charge is 0.246 e. The maximum atomic E-state index is 11.6. The van der Waals surface area contributed by atoms with Gasteiger partial charge in [-0.25, -0.2) is 0 Å². The third kappa shape index (κ3) is 4.72. The van der Waals surface area contributed by atoms with E-state index in [9.17, 15) is 4.79 Å². The van der Waals surface area contributed by atoms with Gasteiger partial charge in [-0.2, -0.15) is 0 Å². The highest BCUT2D eigenvalue weighted by atomic mass is 16.7. The van der Waals surface area contributed by atoms with Crippen molar-refractivity contribution >= 4 is 5.91 Å². The van der Waals surface area contributed by atoms with Crippen LogP contribution in [0.1, 0.15) is 46.0 Å². The molecule has 0 aromatic rings. The van der Waals surface area contributed by atoms with Crippen LogP contribution >= 0.6 is 0 Å². The number of carbonyl (C=O) groups excluding carboxylic acids is 1. The number of rotatable bonds is 6. The molecule has 5 heteroatoms. The van der Waals surface area contributed by atoms with Gasteiger partial charge in [0.1, 0.15) is 6.61 Å². The summed E-state index contributed by atoms with van der Waals surface area (Å²) in [7, 11) is 0. The molecule has 0 aromatic heterocycles. The van der Waals surface area contributed by atoms with Crippen molar-refractivity contribution in [3.63, 3.8) is 0 Å². The molecule has 1 heterocycles. The maximum absolute atomic E-state index is 11.6. The fraction of sp³-hybridized carbons (Fsp3) is 0.933. The summed E-state index contributed by atoms with van der Waals surface area (Å²) in [5.74, 6) is 0.246. The Morgan fingerprint density at radius 1 is 1.30 bits per heavy atom. The molecule has 20 heavy (non-hydrogen) atoms. The van der Waals surface area contributed by atoms with Gasteiger partial charge in [0.15, 0.2) is 5.79 Å². The summed E-state index contributed by atoms with van der Waals surface area (Å²) in [4.78, 5) is 11.6. The first-order valence-electron chi connectivity index (χ1n) is 7.76. The minimum Gasteiger partial charge on any atom is -0.368 e. The summed E-state index contributed by atoms with van der Waals surface area (Å²) in [6, 6.07) is 0. The molecule has 2 fully saturated rings. The number of hydrogen-bond donors (Lipinski definition) is 1. The summed E-state index contributed by atoms with van der Waals surface area (Å²) < 4.78 is 17.0. The minimum atomic E-state index is -0.348. The van der Waals surface area contributed by atoms with E-state index in [0.29, 0.717) is 19.1 Å². The second kappa shape index (κ2) is 7.38. The lowest BCUT2D eigenvalue weighted by Gasteiger charge is -2.35. The Morgan fingerprint density at radius 3 is 2.55 bits per heavy atom. The van der Waals surface area contributed by atoms with Gasteiger partial charge in [0.25, 0.3) is 0 Å². The van der Waals surface area contributed by atoms with Crippen LogP contribution in [0.25, 0.3) is 0 Å². The molecule has 0 atom stereocenters. The van der Waals surface area contributed by atoms with Gasteiger partial charge >= 0.3 is 0 Å². The first kappa shape index (κ1) is 15.7. The number of nitrogens with one attached hydrogen (secondary N) is 1. The van der Waals surface area contributed by atoms with E-state index in [-0.39, 0.29) is 24.4 Å². The second-order valence-corrected chi connectivity index (χ2v) is 6.15. The third-order valence-electron chi connectivity index (χ3n) is 4.00. The van der Waals surface area contributed by atoms with Crippen LogP contribution in [0.5, 0.6) is 0 Å². The Bertz CT molecular complexity index is 303. The van der Waals surface area contributed by atoms with Crippen LogP contribution in [0, 0.1) is 5.92 Å². The van der Waals surface area contributed by atoms with E-state index >= 15 is 0 Å². The molecule has 5 nitrogen and oxygen atoms in total. The average Bonchev–Trinajstić information content (AvgIpc) is 2.86. The van der Waals surface area contributed by atoms with Gasteiger partial charge in [0, 0.05) is 19.4 Å². The molecule has 1 N–H and O–H groups in total. The minimum absolute atomic E-state index is 0.0145. The standard InChI is InChI=1S/C15H27NO4/c1-12(2)5-8-16-14(17)11-18-13-3-6-15(7-4-13)19-9-10-20-15/h12-13H,3-11H2,1-2H3,(H,16,17). The zero-order valence-electron chi connectivity index (χ0n) is 12.7. The first-order chi connectivity index (χ1) is 9.60. The molecular weight excluding hydrogens is 258 g/mol. The third-order valence-corrected chi connectivity index (χ3v) is 4.00. The van der Waals surface area contributed by atoms with E-state index < -0.39 is 0 Å². The van der Waals surface area contributed by atoms with Crippen molar-refractivity contribution in [2.75, 3.05) is 26.4 Å². The van der Waals surface area contributed by atoms with Gasteiger partial charge in [-0.1, -0.05) is 13.8 Å². The monoisotopic (exact) mass is 285 g/mol. The van der Waals surface area contributed by atoms with Crippen molar-refractivity contribution in [3.05, 3.63) is 0 Å². The van der Waals surface area contributed by atoms with Gasteiger partial charge in [-0.3, -0.25) is 4.79 Å². The topological polar surface area (TPSA) is 56.8 Å². The molecule has 2 aliphatic rings. The Hall–Kier alpha value is -0.650. The van der Waals surface area contributed by atoms with E-state index in [1.165, 1.54) is 0 Å². The summed E-state index contributed by atoms with van der Waals surface area (Å²) in [5.41, 5.74) is 0. The average molecular weight is 285 g/mol. The molecule has 0 radical (unpaired) electrons. The van der Waals surface area contributed by atoms with Crippen LogP contribution < -0.4 is 5.32 Å². The van der Waals surface area contributed by atoms with E-state index in [1.54, 1.807) is 0 Å². The van der Waals surface area contributed by atoms with Gasteiger partial charge in [0.05, 0.1) is 19.3 Å². The maximum Gasteiger partial charge on any atom is 0.246 e. The quantitative estimate of drug-likeness (QED) is 0.809. The largest absolute Gasteiger partial charge is 0.368 e. The molecule has 0 unspecified atom stereocenters. The van der Waals surface area contributed by atoms with Gasteiger partial charge in [0.2, 0.25) is 5.91 Å². The van der Waals surface area contributed by atoms with Gasteiger partial charge < -0.3 is 19.5 Å². The van der Waals surface area contributed by atoms with Crippen LogP contribution in [-0.4, -0.2) is 44.2 Å². The fourth-order valence-corrected chi connectivity index (χ4v) is 2.73. The van der Waals surface area contributed by atoms with Gasteiger partial charge in [-0.05, 0) is 25.2 Å². The van der Waals surface area contributed by atoms with Crippen molar-refractivity contribution in [3.8, 4) is 0 Å². The molecule has 116 valence electrons. The lowest BCUT2D eigenvalue weighted by molar-refractivity contribution is -0.191. The zero-order chi connectivity index (χ0) is 14.4. The van der Waals surface area contributed by atoms with Crippen molar-refractivity contribution in [2.45, 2.75) is 57.8 Å². The SMILES string of the molecule is CC(C)CCNC(=O)COC1CCC2(CC1)OCCO2. The number of amides is 1. The Labute approximate surface area is 121 Å². The predicted octanol–water partition coefficient (Wildman–Crippen LogP) is 1.85. The van der Waals surface area contributed by atoms with E-state index in [2.05, 4.69) is 19.2 Å². The van der Waals surface area contributed by atoms with Crippen molar-refractivity contribution in [1.29, 1.82) is 0 Å². The molecule has 1 saturated carbocycles. The summed E-state index contributed by atoms with van der Waals surface area (Å²) in [5, 5.41) is 2.89. The highest BCUT2D eigenvalue weighted by molar-refractivity contribution is 5.77. The molecule has 1 aliphatic heterocycles. The lowest BCUT2D eigenvalue weighted by atomic mass is 9.92. The fourth-order valence-electron chi connectivity index (χ4n) is 2.73. The number of carbonyl (C=O) groups is 1. The van der Waals surface area contributed by atoms with Crippen LogP contribution in [0.4, 0.5) is 0 Å². The molecule has 1 spiro atoms. The molecule has 0 aromatic carbocycles. The predicted molar refractivity (Wildman–Crippen MR) is 75.3 cm³/mol. The Balaban J connectivity index is 1.57. The molecular formula is C15H27NO4. The molecule has 1 amide bonds. The van der Waals surface area contributed by atoms with Crippen LogP contribution in [0.2, 0.25) is 0 Å². The van der Waals surface area contributed by atoms with Crippen molar-refractivity contribution < 1.29 is 19.0 Å². The van der Waals surface area contributed by atoms with Gasteiger partial charge in [-0.15, -0.1) is 0 Å². The van der Waals surface area contributed by atoms with Crippen molar-refractivity contribution in [1.82, 2.24) is 5.32 Å². The normalized spacial score (nSPS) is 22.6. The van der Waals surface area contributed by atoms with E-state index in [1.807, 2.05) is 0 Å². The molecule has 0 bridgehead atoms. The van der Waals surface area contributed by atoms with Crippen molar-refractivity contribution in [2.24, 2.45) is 5.92 Å². The summed E-state index contributed by atoms with van der Waals surface area (Å²) >= 11 is 0. The Kier molecular flexibility index (Phi) is 5.81. The number of hydrogen-bond acceptors (Lipinski definition) is 4. The molecule has 2 rings (SSSR count). The summed E-state index contributed by atoms with van der Waals surface area (Å²) in [6.45, 7) is 6.59.